The highest BCUT2D eigenvalue weighted by Crippen LogP contribution is 2.23. The van der Waals surface area contributed by atoms with Crippen molar-refractivity contribution in [3.05, 3.63) is 42.0 Å². The van der Waals surface area contributed by atoms with Crippen molar-refractivity contribution in [3.8, 4) is 17.6 Å². The third-order valence-corrected chi connectivity index (χ3v) is 3.36. The van der Waals surface area contributed by atoms with E-state index in [4.69, 9.17) is 10.5 Å². The van der Waals surface area contributed by atoms with Crippen molar-refractivity contribution in [1.29, 1.82) is 0 Å². The molecule has 0 radical (unpaired) electrons. The van der Waals surface area contributed by atoms with Crippen LogP contribution < -0.4 is 10.5 Å². The highest BCUT2D eigenvalue weighted by molar-refractivity contribution is 5.85. The quantitative estimate of drug-likeness (QED) is 0.857. The van der Waals surface area contributed by atoms with Crippen LogP contribution in [0.4, 0.5) is 0 Å². The van der Waals surface area contributed by atoms with Gasteiger partial charge in [0.2, 0.25) is 0 Å². The van der Waals surface area contributed by atoms with Crippen LogP contribution in [0.15, 0.2) is 36.4 Å². The van der Waals surface area contributed by atoms with Crippen LogP contribution in [0.1, 0.15) is 32.3 Å². The van der Waals surface area contributed by atoms with Crippen molar-refractivity contribution < 1.29 is 4.74 Å². The summed E-state index contributed by atoms with van der Waals surface area (Å²) in [6.45, 7) is 4.69. The Bertz CT molecular complexity index is 633. The Morgan fingerprint density at radius 2 is 1.75 bits per heavy atom. The van der Waals surface area contributed by atoms with Gasteiger partial charge in [-0.05, 0) is 47.9 Å². The average Bonchev–Trinajstić information content (AvgIpc) is 2.50. The molecule has 0 fully saturated rings. The van der Waals surface area contributed by atoms with E-state index in [1.54, 1.807) is 0 Å². The van der Waals surface area contributed by atoms with Crippen molar-refractivity contribution in [2.24, 2.45) is 5.73 Å². The number of ether oxygens (including phenoxy) is 1. The molecule has 2 rings (SSSR count). The van der Waals surface area contributed by atoms with E-state index in [0.29, 0.717) is 12.6 Å². The first-order valence-electron chi connectivity index (χ1n) is 7.16. The molecule has 0 saturated carbocycles. The first-order valence-corrected chi connectivity index (χ1v) is 7.16. The molecule has 2 aromatic carbocycles. The molecule has 2 N–H and O–H groups in total. The summed E-state index contributed by atoms with van der Waals surface area (Å²) in [6.07, 6.45) is 2.35. The third kappa shape index (κ3) is 3.53. The molecule has 0 unspecified atom stereocenters. The van der Waals surface area contributed by atoms with Gasteiger partial charge in [0, 0.05) is 5.56 Å². The van der Waals surface area contributed by atoms with E-state index >= 15 is 0 Å². The minimum absolute atomic E-state index is 0.294. The minimum atomic E-state index is 0.294. The van der Waals surface area contributed by atoms with E-state index in [1.807, 2.05) is 12.1 Å². The molecule has 2 aromatic rings. The van der Waals surface area contributed by atoms with Crippen LogP contribution >= 0.6 is 0 Å². The summed E-state index contributed by atoms with van der Waals surface area (Å²) in [4.78, 5) is 0. The molecule has 0 aromatic heterocycles. The molecule has 0 bridgehead atoms. The van der Waals surface area contributed by atoms with Gasteiger partial charge in [0.05, 0.1) is 12.6 Å². The maximum absolute atomic E-state index is 5.97. The maximum atomic E-state index is 5.97. The molecule has 2 heteroatoms. The van der Waals surface area contributed by atoms with Gasteiger partial charge in [-0.3, -0.25) is 0 Å². The van der Waals surface area contributed by atoms with Crippen LogP contribution in [-0.4, -0.2) is 12.6 Å². The largest absolute Gasteiger partial charge is 0.490 e. The summed E-state index contributed by atoms with van der Waals surface area (Å²) in [7, 11) is 0. The van der Waals surface area contributed by atoms with Gasteiger partial charge in [0.15, 0.2) is 0 Å². The van der Waals surface area contributed by atoms with Gasteiger partial charge in [-0.1, -0.05) is 37.8 Å². The SMILES string of the molecule is CCC(CC)Oc1ccc2cc(C#CCN)ccc2c1. The summed E-state index contributed by atoms with van der Waals surface area (Å²) in [5, 5.41) is 2.34. The molecule has 0 saturated heterocycles. The van der Waals surface area contributed by atoms with Crippen molar-refractivity contribution >= 4 is 10.8 Å². The fraction of sp³-hybridized carbons (Fsp3) is 0.333. The van der Waals surface area contributed by atoms with Crippen molar-refractivity contribution in [3.63, 3.8) is 0 Å². The zero-order valence-corrected chi connectivity index (χ0v) is 12.1. The second-order valence-corrected chi connectivity index (χ2v) is 4.79. The van der Waals surface area contributed by atoms with E-state index in [1.165, 1.54) is 10.8 Å². The topological polar surface area (TPSA) is 35.2 Å². The fourth-order valence-electron chi connectivity index (χ4n) is 2.18. The van der Waals surface area contributed by atoms with Gasteiger partial charge in [-0.15, -0.1) is 0 Å². The number of hydrogen-bond donors (Lipinski definition) is 1. The molecule has 0 aliphatic rings. The zero-order valence-electron chi connectivity index (χ0n) is 12.1. The maximum Gasteiger partial charge on any atom is 0.120 e. The minimum Gasteiger partial charge on any atom is -0.490 e. The van der Waals surface area contributed by atoms with E-state index in [-0.39, 0.29) is 0 Å². The summed E-state index contributed by atoms with van der Waals surface area (Å²) in [5.74, 6) is 6.87. The summed E-state index contributed by atoms with van der Waals surface area (Å²) >= 11 is 0. The number of nitrogens with two attached hydrogens (primary N) is 1. The number of hydrogen-bond acceptors (Lipinski definition) is 2. The van der Waals surface area contributed by atoms with Gasteiger partial charge in [-0.2, -0.15) is 0 Å². The van der Waals surface area contributed by atoms with E-state index < -0.39 is 0 Å². The summed E-state index contributed by atoms with van der Waals surface area (Å²) < 4.78 is 5.97. The van der Waals surface area contributed by atoms with Crippen LogP contribution in [0.3, 0.4) is 0 Å². The third-order valence-electron chi connectivity index (χ3n) is 3.36. The van der Waals surface area contributed by atoms with E-state index in [2.05, 4.69) is 50.0 Å². The molecule has 0 amide bonds. The predicted octanol–water partition coefficient (Wildman–Crippen LogP) is 3.72. The lowest BCUT2D eigenvalue weighted by atomic mass is 10.1. The van der Waals surface area contributed by atoms with E-state index in [0.717, 1.165) is 24.2 Å². The van der Waals surface area contributed by atoms with Crippen LogP contribution in [0.25, 0.3) is 10.8 Å². The Morgan fingerprint density at radius 3 is 2.45 bits per heavy atom. The van der Waals surface area contributed by atoms with Crippen LogP contribution in [0, 0.1) is 11.8 Å². The Kier molecular flexibility index (Phi) is 5.03. The van der Waals surface area contributed by atoms with Crippen molar-refractivity contribution in [2.45, 2.75) is 32.8 Å². The molecule has 20 heavy (non-hydrogen) atoms. The molecule has 0 aliphatic carbocycles. The highest BCUT2D eigenvalue weighted by Gasteiger charge is 2.05. The Hall–Kier alpha value is -1.98. The van der Waals surface area contributed by atoms with Gasteiger partial charge in [0.25, 0.3) is 0 Å². The van der Waals surface area contributed by atoms with Gasteiger partial charge in [-0.25, -0.2) is 0 Å². The molecule has 0 atom stereocenters. The Morgan fingerprint density at radius 1 is 1.05 bits per heavy atom. The average molecular weight is 267 g/mol. The smallest absolute Gasteiger partial charge is 0.120 e. The van der Waals surface area contributed by atoms with Gasteiger partial charge in [0.1, 0.15) is 5.75 Å². The Balaban J connectivity index is 2.27. The lowest BCUT2D eigenvalue weighted by Gasteiger charge is -2.16. The molecule has 104 valence electrons. The van der Waals surface area contributed by atoms with Crippen LogP contribution in [0.2, 0.25) is 0 Å². The lowest BCUT2D eigenvalue weighted by Crippen LogP contribution is -2.13. The number of rotatable bonds is 4. The molecular weight excluding hydrogens is 246 g/mol. The van der Waals surface area contributed by atoms with Crippen molar-refractivity contribution in [1.82, 2.24) is 0 Å². The summed E-state index contributed by atoms with van der Waals surface area (Å²) in [6, 6.07) is 12.4. The second kappa shape index (κ2) is 6.98. The number of benzene rings is 2. The lowest BCUT2D eigenvalue weighted by molar-refractivity contribution is 0.193. The van der Waals surface area contributed by atoms with Crippen molar-refractivity contribution in [2.75, 3.05) is 6.54 Å². The Labute approximate surface area is 120 Å². The van der Waals surface area contributed by atoms with Gasteiger partial charge < -0.3 is 10.5 Å². The number of fused-ring (bicyclic) bond motifs is 1. The molecule has 0 heterocycles. The second-order valence-electron chi connectivity index (χ2n) is 4.79. The molecule has 2 nitrogen and oxygen atoms in total. The van der Waals surface area contributed by atoms with E-state index in [9.17, 15) is 0 Å². The van der Waals surface area contributed by atoms with Gasteiger partial charge >= 0.3 is 0 Å². The first kappa shape index (κ1) is 14.4. The standard InChI is InChI=1S/C18H21NO/c1-3-17(4-2)20-18-10-9-15-12-14(6-5-11-19)7-8-16(15)13-18/h7-10,12-13,17H,3-4,11,19H2,1-2H3. The fourth-order valence-corrected chi connectivity index (χ4v) is 2.18. The molecule has 0 aliphatic heterocycles. The van der Waals surface area contributed by atoms with Crippen LogP contribution in [-0.2, 0) is 0 Å². The summed E-state index contributed by atoms with van der Waals surface area (Å²) in [5.41, 5.74) is 6.39. The molecule has 0 spiro atoms. The zero-order chi connectivity index (χ0) is 14.4. The first-order chi connectivity index (χ1) is 9.76. The van der Waals surface area contributed by atoms with Crippen LogP contribution in [0.5, 0.6) is 5.75 Å². The predicted molar refractivity (Wildman–Crippen MR) is 84.9 cm³/mol. The normalized spacial score (nSPS) is 10.4. The molecular formula is C18H21NO. The highest BCUT2D eigenvalue weighted by atomic mass is 16.5. The monoisotopic (exact) mass is 267 g/mol.